The number of nitrogens with one attached hydrogen (secondary N) is 1. The number of urea groups is 1. The molecule has 2 amide bonds. The number of piperidine rings is 1. The highest BCUT2D eigenvalue weighted by Crippen LogP contribution is 2.16. The number of carbonyl (C=O) groups excluding carboxylic acids is 1. The first-order chi connectivity index (χ1) is 8.54. The Bertz CT molecular complexity index is 299. The molecule has 0 saturated carbocycles. The molecule has 1 fully saturated rings. The van der Waals surface area contributed by atoms with E-state index in [1.54, 1.807) is 16.7 Å². The molecule has 2 N–H and O–H groups in total. The molecule has 0 aromatic rings. The van der Waals surface area contributed by atoms with Gasteiger partial charge in [0.05, 0.1) is 5.92 Å². The molecule has 1 saturated heterocycles. The van der Waals surface area contributed by atoms with Crippen LogP contribution in [0.2, 0.25) is 0 Å². The molecule has 0 aromatic carbocycles. The third kappa shape index (κ3) is 4.76. The Morgan fingerprint density at radius 1 is 1.56 bits per heavy atom. The highest BCUT2D eigenvalue weighted by molar-refractivity contribution is 7.98. The van der Waals surface area contributed by atoms with E-state index in [4.69, 9.17) is 5.11 Å². The molecule has 2 unspecified atom stereocenters. The van der Waals surface area contributed by atoms with Gasteiger partial charge in [0.25, 0.3) is 0 Å². The van der Waals surface area contributed by atoms with Crippen LogP contribution in [0.3, 0.4) is 0 Å². The van der Waals surface area contributed by atoms with Crippen LogP contribution in [-0.2, 0) is 4.79 Å². The van der Waals surface area contributed by atoms with Gasteiger partial charge in [-0.3, -0.25) is 4.79 Å². The minimum atomic E-state index is -0.803. The Hall–Kier alpha value is -0.910. The summed E-state index contributed by atoms with van der Waals surface area (Å²) >= 11 is 1.75. The molecule has 2 atom stereocenters. The van der Waals surface area contributed by atoms with Crippen molar-refractivity contribution in [3.63, 3.8) is 0 Å². The van der Waals surface area contributed by atoms with Crippen molar-refractivity contribution in [2.45, 2.75) is 32.2 Å². The summed E-state index contributed by atoms with van der Waals surface area (Å²) in [5, 5.41) is 11.9. The van der Waals surface area contributed by atoms with Gasteiger partial charge in [-0.1, -0.05) is 0 Å². The molecule has 0 radical (unpaired) electrons. The first-order valence-corrected chi connectivity index (χ1v) is 7.71. The maximum Gasteiger partial charge on any atom is 0.317 e. The van der Waals surface area contributed by atoms with Crippen molar-refractivity contribution in [1.82, 2.24) is 10.2 Å². The minimum Gasteiger partial charge on any atom is -0.481 e. The van der Waals surface area contributed by atoms with Crippen molar-refractivity contribution < 1.29 is 14.7 Å². The topological polar surface area (TPSA) is 69.6 Å². The lowest BCUT2D eigenvalue weighted by molar-refractivity contribution is -0.143. The summed E-state index contributed by atoms with van der Waals surface area (Å²) in [5.41, 5.74) is 0. The zero-order valence-electron chi connectivity index (χ0n) is 11.0. The van der Waals surface area contributed by atoms with Gasteiger partial charge in [-0.25, -0.2) is 4.79 Å². The summed E-state index contributed by atoms with van der Waals surface area (Å²) in [6.45, 7) is 2.97. The summed E-state index contributed by atoms with van der Waals surface area (Å²) < 4.78 is 0. The van der Waals surface area contributed by atoms with Gasteiger partial charge in [0.15, 0.2) is 0 Å². The van der Waals surface area contributed by atoms with E-state index in [2.05, 4.69) is 5.32 Å². The quantitative estimate of drug-likeness (QED) is 0.799. The molecule has 1 rings (SSSR count). The van der Waals surface area contributed by atoms with Gasteiger partial charge in [0.2, 0.25) is 0 Å². The number of likely N-dealkylation sites (tertiary alicyclic amines) is 1. The van der Waals surface area contributed by atoms with Crippen molar-refractivity contribution in [1.29, 1.82) is 0 Å². The highest BCUT2D eigenvalue weighted by atomic mass is 32.2. The molecule has 1 aliphatic rings. The predicted octanol–water partition coefficient (Wildman–Crippen LogP) is 1.63. The third-order valence-electron chi connectivity index (χ3n) is 3.18. The van der Waals surface area contributed by atoms with E-state index in [0.717, 1.165) is 18.6 Å². The van der Waals surface area contributed by atoms with Crippen LogP contribution in [0.4, 0.5) is 4.79 Å². The van der Waals surface area contributed by atoms with Gasteiger partial charge < -0.3 is 15.3 Å². The van der Waals surface area contributed by atoms with E-state index in [-0.39, 0.29) is 12.1 Å². The SMILES string of the molecule is CSCCC(C)NC(=O)N1CCCC(C(=O)O)C1. The van der Waals surface area contributed by atoms with Crippen LogP contribution in [0.15, 0.2) is 0 Å². The molecule has 1 aliphatic heterocycles. The summed E-state index contributed by atoms with van der Waals surface area (Å²) in [4.78, 5) is 24.5. The zero-order valence-corrected chi connectivity index (χ0v) is 11.8. The molecule has 5 nitrogen and oxygen atoms in total. The molecular weight excluding hydrogens is 252 g/mol. The first kappa shape index (κ1) is 15.1. The molecule has 18 heavy (non-hydrogen) atoms. The lowest BCUT2D eigenvalue weighted by atomic mass is 9.99. The van der Waals surface area contributed by atoms with E-state index >= 15 is 0 Å². The molecular formula is C12H22N2O3S. The number of aliphatic carboxylic acids is 1. The van der Waals surface area contributed by atoms with Crippen molar-refractivity contribution in [2.24, 2.45) is 5.92 Å². The second kappa shape index (κ2) is 7.51. The lowest BCUT2D eigenvalue weighted by Crippen LogP contribution is -2.49. The third-order valence-corrected chi connectivity index (χ3v) is 3.83. The number of hydrogen-bond acceptors (Lipinski definition) is 3. The second-order valence-electron chi connectivity index (χ2n) is 4.76. The van der Waals surface area contributed by atoms with Crippen LogP contribution in [0.1, 0.15) is 26.2 Å². The summed E-state index contributed by atoms with van der Waals surface area (Å²) in [6.07, 6.45) is 4.41. The molecule has 104 valence electrons. The number of nitrogens with zero attached hydrogens (tertiary/aromatic N) is 1. The predicted molar refractivity (Wildman–Crippen MR) is 72.9 cm³/mol. The number of hydrogen-bond donors (Lipinski definition) is 2. The van der Waals surface area contributed by atoms with Gasteiger partial charge in [0.1, 0.15) is 0 Å². The highest BCUT2D eigenvalue weighted by Gasteiger charge is 2.28. The molecule has 0 aromatic heterocycles. The Balaban J connectivity index is 2.38. The van der Waals surface area contributed by atoms with E-state index in [9.17, 15) is 9.59 Å². The van der Waals surface area contributed by atoms with Gasteiger partial charge in [-0.15, -0.1) is 0 Å². The van der Waals surface area contributed by atoms with Crippen LogP contribution < -0.4 is 5.32 Å². The number of rotatable bonds is 5. The normalized spacial score (nSPS) is 21.4. The molecule has 0 aliphatic carbocycles. The van der Waals surface area contributed by atoms with Crippen molar-refractivity contribution >= 4 is 23.8 Å². The van der Waals surface area contributed by atoms with Crippen LogP contribution in [0, 0.1) is 5.92 Å². The summed E-state index contributed by atoms with van der Waals surface area (Å²) in [6, 6.07) is 0.00436. The standard InChI is InChI=1S/C12H22N2O3S/c1-9(5-7-18-2)13-12(17)14-6-3-4-10(8-14)11(15)16/h9-10H,3-8H2,1-2H3,(H,13,17)(H,15,16). The average molecular weight is 274 g/mol. The van der Waals surface area contributed by atoms with E-state index in [0.29, 0.717) is 19.5 Å². The van der Waals surface area contributed by atoms with E-state index < -0.39 is 11.9 Å². The fourth-order valence-electron chi connectivity index (χ4n) is 2.03. The average Bonchev–Trinajstić information content (AvgIpc) is 2.36. The van der Waals surface area contributed by atoms with Gasteiger partial charge in [-0.05, 0) is 38.2 Å². The van der Waals surface area contributed by atoms with Crippen molar-refractivity contribution in [3.05, 3.63) is 0 Å². The maximum absolute atomic E-state index is 12.0. The van der Waals surface area contributed by atoms with Crippen LogP contribution in [-0.4, -0.2) is 53.1 Å². The van der Waals surface area contributed by atoms with Crippen LogP contribution >= 0.6 is 11.8 Å². The molecule has 1 heterocycles. The second-order valence-corrected chi connectivity index (χ2v) is 5.74. The van der Waals surface area contributed by atoms with E-state index in [1.807, 2.05) is 13.2 Å². The summed E-state index contributed by atoms with van der Waals surface area (Å²) in [7, 11) is 0. The number of amides is 2. The van der Waals surface area contributed by atoms with Crippen LogP contribution in [0.25, 0.3) is 0 Å². The minimum absolute atomic E-state index is 0.130. The maximum atomic E-state index is 12.0. The Morgan fingerprint density at radius 3 is 2.89 bits per heavy atom. The Kier molecular flexibility index (Phi) is 6.32. The smallest absolute Gasteiger partial charge is 0.317 e. The lowest BCUT2D eigenvalue weighted by Gasteiger charge is -2.31. The fourth-order valence-corrected chi connectivity index (χ4v) is 2.62. The molecule has 6 heteroatoms. The largest absolute Gasteiger partial charge is 0.481 e. The monoisotopic (exact) mass is 274 g/mol. The number of carboxylic acids is 1. The van der Waals surface area contributed by atoms with Gasteiger partial charge in [-0.2, -0.15) is 11.8 Å². The number of carboxylic acid groups (broad SMARTS) is 1. The Labute approximate surface area is 112 Å². The number of thioether (sulfide) groups is 1. The Morgan fingerprint density at radius 2 is 2.28 bits per heavy atom. The van der Waals surface area contributed by atoms with Crippen molar-refractivity contribution in [3.8, 4) is 0 Å². The molecule has 0 spiro atoms. The molecule has 0 bridgehead atoms. The summed E-state index contributed by atoms with van der Waals surface area (Å²) in [5.74, 6) is -0.201. The van der Waals surface area contributed by atoms with Crippen molar-refractivity contribution in [2.75, 3.05) is 25.1 Å². The van der Waals surface area contributed by atoms with Crippen LogP contribution in [0.5, 0.6) is 0 Å². The number of carbonyl (C=O) groups is 2. The van der Waals surface area contributed by atoms with Gasteiger partial charge in [0, 0.05) is 19.1 Å². The van der Waals surface area contributed by atoms with E-state index in [1.165, 1.54) is 0 Å². The zero-order chi connectivity index (χ0) is 13.5. The van der Waals surface area contributed by atoms with Gasteiger partial charge >= 0.3 is 12.0 Å². The fraction of sp³-hybridized carbons (Fsp3) is 0.833. The first-order valence-electron chi connectivity index (χ1n) is 6.31.